The number of benzene rings is 1. The normalized spacial score (nSPS) is 18.6. The van der Waals surface area contributed by atoms with Crippen LogP contribution in [0.1, 0.15) is 49.6 Å². The average molecular weight is 400 g/mol. The van der Waals surface area contributed by atoms with Crippen LogP contribution in [0.2, 0.25) is 0 Å². The van der Waals surface area contributed by atoms with Crippen LogP contribution in [-0.2, 0) is 9.59 Å². The maximum atomic E-state index is 12.8. The van der Waals surface area contributed by atoms with E-state index in [9.17, 15) is 14.7 Å². The van der Waals surface area contributed by atoms with Crippen LogP contribution in [-0.4, -0.2) is 34.8 Å². The van der Waals surface area contributed by atoms with Crippen molar-refractivity contribution in [3.63, 3.8) is 0 Å². The number of nitrogens with zero attached hydrogens (tertiary/aromatic N) is 1. The topological polar surface area (TPSA) is 66.8 Å². The van der Waals surface area contributed by atoms with E-state index in [0.29, 0.717) is 24.5 Å². The summed E-state index contributed by atoms with van der Waals surface area (Å²) < 4.78 is 5.50. The largest absolute Gasteiger partial charge is 0.507 e. The number of thiophene rings is 1. The molecule has 2 heterocycles. The van der Waals surface area contributed by atoms with Gasteiger partial charge in [0.25, 0.3) is 11.7 Å². The molecule has 28 heavy (non-hydrogen) atoms. The average Bonchev–Trinajstić information content (AvgIpc) is 3.30. The van der Waals surface area contributed by atoms with E-state index in [1.807, 2.05) is 24.4 Å². The third-order valence-corrected chi connectivity index (χ3v) is 5.70. The van der Waals surface area contributed by atoms with Gasteiger partial charge in [-0.2, -0.15) is 0 Å². The number of carbonyl (C=O) groups excluding carboxylic acids is 2. The molecule has 1 fully saturated rings. The Kier molecular flexibility index (Phi) is 6.52. The summed E-state index contributed by atoms with van der Waals surface area (Å²) in [6.45, 7) is 4.97. The summed E-state index contributed by atoms with van der Waals surface area (Å²) >= 11 is 1.48. The molecule has 1 saturated heterocycles. The molecule has 0 aliphatic carbocycles. The van der Waals surface area contributed by atoms with Crippen molar-refractivity contribution in [1.82, 2.24) is 4.90 Å². The molecule has 1 aromatic heterocycles. The number of hydrogen-bond donors (Lipinski definition) is 1. The first-order chi connectivity index (χ1) is 13.6. The lowest BCUT2D eigenvalue weighted by molar-refractivity contribution is -0.139. The van der Waals surface area contributed by atoms with Crippen LogP contribution in [0.4, 0.5) is 0 Å². The molecular weight excluding hydrogens is 374 g/mol. The summed E-state index contributed by atoms with van der Waals surface area (Å²) in [5, 5.41) is 12.9. The maximum absolute atomic E-state index is 12.8. The lowest BCUT2D eigenvalue weighted by Gasteiger charge is -2.24. The van der Waals surface area contributed by atoms with Gasteiger partial charge < -0.3 is 14.7 Å². The Balaban J connectivity index is 2.05. The van der Waals surface area contributed by atoms with Gasteiger partial charge in [0.1, 0.15) is 11.5 Å². The highest BCUT2D eigenvalue weighted by Gasteiger charge is 2.46. The number of rotatable bonds is 8. The van der Waals surface area contributed by atoms with Crippen molar-refractivity contribution in [3.05, 3.63) is 57.8 Å². The molecule has 0 radical (unpaired) electrons. The van der Waals surface area contributed by atoms with Crippen LogP contribution in [0.15, 0.2) is 47.4 Å². The molecule has 2 aromatic rings. The van der Waals surface area contributed by atoms with Crippen LogP contribution < -0.4 is 4.74 Å². The van der Waals surface area contributed by atoms with Crippen molar-refractivity contribution < 1.29 is 19.4 Å². The fraction of sp³-hybridized carbons (Fsp3) is 0.364. The van der Waals surface area contributed by atoms with Gasteiger partial charge in [0.2, 0.25) is 0 Å². The number of unbranched alkanes of at least 4 members (excludes halogenated alkanes) is 2. The SMILES string of the molecule is CCCCCN1C(=O)C(=O)/C(=C(\O)c2cccc(OCC)c2)C1c1cccs1. The van der Waals surface area contributed by atoms with E-state index in [4.69, 9.17) is 4.74 Å². The fourth-order valence-corrected chi connectivity index (χ4v) is 4.29. The summed E-state index contributed by atoms with van der Waals surface area (Å²) in [5.41, 5.74) is 0.622. The van der Waals surface area contributed by atoms with Gasteiger partial charge in [-0.25, -0.2) is 0 Å². The third-order valence-electron chi connectivity index (χ3n) is 4.77. The van der Waals surface area contributed by atoms with Gasteiger partial charge >= 0.3 is 0 Å². The van der Waals surface area contributed by atoms with Gasteiger partial charge in [-0.05, 0) is 36.9 Å². The van der Waals surface area contributed by atoms with Crippen molar-refractivity contribution in [2.75, 3.05) is 13.2 Å². The highest BCUT2D eigenvalue weighted by molar-refractivity contribution is 7.10. The number of aliphatic hydroxyl groups is 1. The Bertz CT molecular complexity index is 872. The molecule has 5 nitrogen and oxygen atoms in total. The van der Waals surface area contributed by atoms with Gasteiger partial charge in [0, 0.05) is 17.0 Å². The quantitative estimate of drug-likeness (QED) is 0.301. The minimum atomic E-state index is -0.630. The molecule has 1 aliphatic rings. The molecule has 1 aliphatic heterocycles. The zero-order valence-corrected chi connectivity index (χ0v) is 17.0. The van der Waals surface area contributed by atoms with Crippen LogP contribution in [0, 0.1) is 0 Å². The predicted octanol–water partition coefficient (Wildman–Crippen LogP) is 4.76. The number of carbonyl (C=O) groups is 2. The fourth-order valence-electron chi connectivity index (χ4n) is 3.44. The third kappa shape index (κ3) is 3.97. The number of Topliss-reactive ketones (excluding diaryl/α,β-unsaturated/α-hetero) is 1. The van der Waals surface area contributed by atoms with Crippen molar-refractivity contribution in [2.45, 2.75) is 39.2 Å². The molecule has 1 amide bonds. The minimum Gasteiger partial charge on any atom is -0.507 e. The molecule has 3 rings (SSSR count). The predicted molar refractivity (Wildman–Crippen MR) is 110 cm³/mol. The van der Waals surface area contributed by atoms with Gasteiger partial charge in [0.15, 0.2) is 0 Å². The highest BCUT2D eigenvalue weighted by atomic mass is 32.1. The van der Waals surface area contributed by atoms with Gasteiger partial charge in [-0.1, -0.05) is 38.0 Å². The van der Waals surface area contributed by atoms with E-state index in [0.717, 1.165) is 24.1 Å². The molecule has 1 N–H and O–H groups in total. The second-order valence-electron chi connectivity index (χ2n) is 6.68. The Morgan fingerprint density at radius 3 is 2.68 bits per heavy atom. The van der Waals surface area contributed by atoms with Crippen LogP contribution in [0.5, 0.6) is 5.75 Å². The molecule has 0 saturated carbocycles. The van der Waals surface area contributed by atoms with Gasteiger partial charge in [-0.3, -0.25) is 9.59 Å². The zero-order valence-electron chi connectivity index (χ0n) is 16.2. The monoisotopic (exact) mass is 399 g/mol. The number of hydrogen-bond acceptors (Lipinski definition) is 5. The van der Waals surface area contributed by atoms with E-state index in [-0.39, 0.29) is 11.3 Å². The second kappa shape index (κ2) is 9.06. The zero-order chi connectivity index (χ0) is 20.1. The molecular formula is C22H25NO4S. The molecule has 1 aromatic carbocycles. The summed E-state index contributed by atoms with van der Waals surface area (Å²) in [7, 11) is 0. The van der Waals surface area contributed by atoms with Gasteiger partial charge in [0.05, 0.1) is 18.2 Å². The standard InChI is InChI=1S/C22H25NO4S/c1-3-5-6-12-23-19(17-11-8-13-28-17)18(21(25)22(23)26)20(24)15-9-7-10-16(14-15)27-4-2/h7-11,13-14,19,24H,3-6,12H2,1-2H3/b20-18-. The first-order valence-electron chi connectivity index (χ1n) is 9.63. The Morgan fingerprint density at radius 1 is 1.18 bits per heavy atom. The number of ether oxygens (including phenoxy) is 1. The van der Waals surface area contributed by atoms with Crippen molar-refractivity contribution in [2.24, 2.45) is 0 Å². The number of amides is 1. The maximum Gasteiger partial charge on any atom is 0.295 e. The number of ketones is 1. The molecule has 1 atom stereocenters. The molecule has 6 heteroatoms. The van der Waals surface area contributed by atoms with E-state index < -0.39 is 17.7 Å². The van der Waals surface area contributed by atoms with Crippen molar-refractivity contribution in [1.29, 1.82) is 0 Å². The summed E-state index contributed by atoms with van der Waals surface area (Å²) in [6, 6.07) is 10.2. The first kappa shape index (κ1) is 20.1. The van der Waals surface area contributed by atoms with E-state index >= 15 is 0 Å². The van der Waals surface area contributed by atoms with Crippen molar-refractivity contribution >= 4 is 28.8 Å². The minimum absolute atomic E-state index is 0.151. The van der Waals surface area contributed by atoms with E-state index in [1.54, 1.807) is 29.2 Å². The van der Waals surface area contributed by atoms with Crippen LogP contribution in [0.25, 0.3) is 5.76 Å². The summed E-state index contributed by atoms with van der Waals surface area (Å²) in [5.74, 6) is -0.723. The summed E-state index contributed by atoms with van der Waals surface area (Å²) in [6.07, 6.45) is 2.83. The van der Waals surface area contributed by atoms with Gasteiger partial charge in [-0.15, -0.1) is 11.3 Å². The number of aliphatic hydroxyl groups excluding tert-OH is 1. The van der Waals surface area contributed by atoms with E-state index in [1.165, 1.54) is 11.3 Å². The Morgan fingerprint density at radius 2 is 2.00 bits per heavy atom. The summed E-state index contributed by atoms with van der Waals surface area (Å²) in [4.78, 5) is 28.0. The van der Waals surface area contributed by atoms with Crippen LogP contribution >= 0.6 is 11.3 Å². The van der Waals surface area contributed by atoms with Crippen LogP contribution in [0.3, 0.4) is 0 Å². The molecule has 0 bridgehead atoms. The van der Waals surface area contributed by atoms with E-state index in [2.05, 4.69) is 6.92 Å². The first-order valence-corrected chi connectivity index (χ1v) is 10.5. The lowest BCUT2D eigenvalue weighted by Crippen LogP contribution is -2.30. The number of likely N-dealkylation sites (tertiary alicyclic amines) is 1. The van der Waals surface area contributed by atoms with Crippen molar-refractivity contribution in [3.8, 4) is 5.75 Å². The molecule has 0 spiro atoms. The Hall–Kier alpha value is -2.60. The highest BCUT2D eigenvalue weighted by Crippen LogP contribution is 2.41. The Labute approximate surface area is 169 Å². The molecule has 148 valence electrons. The smallest absolute Gasteiger partial charge is 0.295 e. The second-order valence-corrected chi connectivity index (χ2v) is 7.66. The molecule has 1 unspecified atom stereocenters. The lowest BCUT2D eigenvalue weighted by atomic mass is 9.99.